The van der Waals surface area contributed by atoms with E-state index in [1.807, 2.05) is 31.3 Å². The molecule has 0 aliphatic rings. The number of aromatic nitrogens is 3. The van der Waals surface area contributed by atoms with E-state index in [9.17, 15) is 0 Å². The largest absolute Gasteiger partial charge is 0.383 e. The molecule has 5 heteroatoms. The molecule has 0 amide bonds. The number of nitrogens with zero attached hydrogens (tertiary/aromatic N) is 3. The highest BCUT2D eigenvalue weighted by Crippen LogP contribution is 2.09. The summed E-state index contributed by atoms with van der Waals surface area (Å²) in [5.74, 6) is 0.857. The summed E-state index contributed by atoms with van der Waals surface area (Å²) >= 11 is 0. The van der Waals surface area contributed by atoms with Crippen LogP contribution in [0.1, 0.15) is 11.4 Å². The minimum absolute atomic E-state index is 0.671. The van der Waals surface area contributed by atoms with Crippen LogP contribution in [0, 0.1) is 6.92 Å². The normalized spacial score (nSPS) is 10.6. The molecule has 0 aromatic carbocycles. The molecule has 0 radical (unpaired) electrons. The lowest BCUT2D eigenvalue weighted by Crippen LogP contribution is -2.10. The third kappa shape index (κ3) is 3.30. The molecule has 18 heavy (non-hydrogen) atoms. The van der Waals surface area contributed by atoms with Gasteiger partial charge in [0.15, 0.2) is 0 Å². The third-order valence-corrected chi connectivity index (χ3v) is 2.59. The number of aryl methyl sites for hydroxylation is 1. The Morgan fingerprint density at radius 3 is 3.00 bits per heavy atom. The van der Waals surface area contributed by atoms with Crippen molar-refractivity contribution in [2.75, 3.05) is 19.0 Å². The molecule has 2 heterocycles. The van der Waals surface area contributed by atoms with E-state index < -0.39 is 0 Å². The van der Waals surface area contributed by atoms with Gasteiger partial charge in [-0.05, 0) is 19.1 Å². The Kier molecular flexibility index (Phi) is 4.30. The number of ether oxygens (including phenoxy) is 1. The maximum absolute atomic E-state index is 5.08. The summed E-state index contributed by atoms with van der Waals surface area (Å²) in [6.07, 6.45) is 3.80. The molecule has 0 fully saturated rings. The maximum atomic E-state index is 5.08. The molecule has 1 N–H and O–H groups in total. The van der Waals surface area contributed by atoms with Crippen LogP contribution >= 0.6 is 0 Å². The predicted octanol–water partition coefficient (Wildman–Crippen LogP) is 1.85. The summed E-state index contributed by atoms with van der Waals surface area (Å²) in [4.78, 5) is 8.72. The van der Waals surface area contributed by atoms with E-state index in [1.54, 1.807) is 13.3 Å². The molecule has 0 bridgehead atoms. The van der Waals surface area contributed by atoms with Crippen molar-refractivity contribution in [2.45, 2.75) is 20.0 Å². The lowest BCUT2D eigenvalue weighted by atomic mass is 10.3. The molecule has 0 saturated carbocycles. The van der Waals surface area contributed by atoms with E-state index in [1.165, 1.54) is 0 Å². The van der Waals surface area contributed by atoms with Crippen molar-refractivity contribution in [1.82, 2.24) is 14.5 Å². The highest BCUT2D eigenvalue weighted by Gasteiger charge is 2.05. The van der Waals surface area contributed by atoms with Crippen molar-refractivity contribution in [3.05, 3.63) is 42.0 Å². The van der Waals surface area contributed by atoms with Crippen molar-refractivity contribution in [1.29, 1.82) is 0 Å². The molecular formula is C13H18N4O. The number of methoxy groups -OCH3 is 1. The fraction of sp³-hybridized carbons (Fsp3) is 0.385. The number of nitrogens with one attached hydrogen (secondary N) is 1. The first-order valence-electron chi connectivity index (χ1n) is 5.96. The minimum Gasteiger partial charge on any atom is -0.383 e. The summed E-state index contributed by atoms with van der Waals surface area (Å²) in [5, 5.41) is 3.29. The van der Waals surface area contributed by atoms with Crippen LogP contribution in [0.25, 0.3) is 0 Å². The first-order valence-corrected chi connectivity index (χ1v) is 5.96. The van der Waals surface area contributed by atoms with E-state index in [2.05, 4.69) is 19.9 Å². The van der Waals surface area contributed by atoms with E-state index in [4.69, 9.17) is 4.74 Å². The van der Waals surface area contributed by atoms with Gasteiger partial charge in [0.1, 0.15) is 0 Å². The summed E-state index contributed by atoms with van der Waals surface area (Å²) in [6.45, 7) is 4.12. The molecule has 0 aliphatic carbocycles. The molecule has 96 valence electrons. The van der Waals surface area contributed by atoms with Gasteiger partial charge in [-0.2, -0.15) is 0 Å². The van der Waals surface area contributed by atoms with Crippen LogP contribution < -0.4 is 5.32 Å². The van der Waals surface area contributed by atoms with Crippen LogP contribution in [0.4, 0.5) is 5.95 Å². The van der Waals surface area contributed by atoms with Gasteiger partial charge in [0.2, 0.25) is 5.95 Å². The summed E-state index contributed by atoms with van der Waals surface area (Å²) in [7, 11) is 1.70. The molecule has 0 spiro atoms. The number of anilines is 1. The molecule has 2 aromatic heterocycles. The number of rotatable bonds is 6. The second-order valence-electron chi connectivity index (χ2n) is 4.07. The van der Waals surface area contributed by atoms with Crippen molar-refractivity contribution >= 4 is 5.95 Å². The average Bonchev–Trinajstić information content (AvgIpc) is 2.75. The molecule has 0 saturated heterocycles. The Bertz CT molecular complexity index is 481. The smallest absolute Gasteiger partial charge is 0.203 e. The van der Waals surface area contributed by atoms with Crippen LogP contribution in [0.3, 0.4) is 0 Å². The van der Waals surface area contributed by atoms with Crippen LogP contribution in [0.15, 0.2) is 30.6 Å². The zero-order valence-electron chi connectivity index (χ0n) is 10.8. The molecule has 0 aliphatic heterocycles. The van der Waals surface area contributed by atoms with E-state index >= 15 is 0 Å². The van der Waals surface area contributed by atoms with Crippen LogP contribution in [-0.2, 0) is 17.8 Å². The van der Waals surface area contributed by atoms with Gasteiger partial charge in [-0.1, -0.05) is 6.07 Å². The van der Waals surface area contributed by atoms with Gasteiger partial charge < -0.3 is 14.6 Å². The lowest BCUT2D eigenvalue weighted by molar-refractivity contribution is 0.187. The molecule has 5 nitrogen and oxygen atoms in total. The second kappa shape index (κ2) is 6.16. The summed E-state index contributed by atoms with van der Waals surface area (Å²) < 4.78 is 7.14. The van der Waals surface area contributed by atoms with E-state index in [0.29, 0.717) is 13.2 Å². The molecule has 2 rings (SSSR count). The monoisotopic (exact) mass is 246 g/mol. The average molecular weight is 246 g/mol. The number of imidazole rings is 1. The Morgan fingerprint density at radius 1 is 1.39 bits per heavy atom. The second-order valence-corrected chi connectivity index (χ2v) is 4.07. The van der Waals surface area contributed by atoms with Crippen molar-refractivity contribution in [3.63, 3.8) is 0 Å². The van der Waals surface area contributed by atoms with Gasteiger partial charge in [-0.15, -0.1) is 0 Å². The summed E-state index contributed by atoms with van der Waals surface area (Å²) in [5.41, 5.74) is 1.99. The summed E-state index contributed by atoms with van der Waals surface area (Å²) in [6, 6.07) is 5.88. The quantitative estimate of drug-likeness (QED) is 0.845. The van der Waals surface area contributed by atoms with Crippen molar-refractivity contribution in [2.24, 2.45) is 0 Å². The Hall–Kier alpha value is -1.88. The fourth-order valence-corrected chi connectivity index (χ4v) is 1.72. The van der Waals surface area contributed by atoms with Crippen molar-refractivity contribution in [3.8, 4) is 0 Å². The van der Waals surface area contributed by atoms with Crippen molar-refractivity contribution < 1.29 is 4.74 Å². The number of hydrogen-bond donors (Lipinski definition) is 1. The van der Waals surface area contributed by atoms with E-state index in [0.717, 1.165) is 23.9 Å². The lowest BCUT2D eigenvalue weighted by Gasteiger charge is -2.08. The SMILES string of the molecule is COCCn1cc(C)nc1NCc1ccccn1. The highest BCUT2D eigenvalue weighted by molar-refractivity contribution is 5.29. The van der Waals surface area contributed by atoms with Crippen LogP contribution in [0.5, 0.6) is 0 Å². The zero-order chi connectivity index (χ0) is 12.8. The number of hydrogen-bond acceptors (Lipinski definition) is 4. The first-order chi connectivity index (χ1) is 8.79. The van der Waals surface area contributed by atoms with E-state index in [-0.39, 0.29) is 0 Å². The van der Waals surface area contributed by atoms with Gasteiger partial charge in [0.05, 0.1) is 24.5 Å². The van der Waals surface area contributed by atoms with Crippen LogP contribution in [0.2, 0.25) is 0 Å². The molecule has 2 aromatic rings. The maximum Gasteiger partial charge on any atom is 0.203 e. The fourth-order valence-electron chi connectivity index (χ4n) is 1.72. The Balaban J connectivity index is 2.00. The molecule has 0 unspecified atom stereocenters. The minimum atomic E-state index is 0.671. The van der Waals surface area contributed by atoms with Gasteiger partial charge >= 0.3 is 0 Å². The third-order valence-electron chi connectivity index (χ3n) is 2.59. The number of pyridine rings is 1. The zero-order valence-corrected chi connectivity index (χ0v) is 10.8. The van der Waals surface area contributed by atoms with Gasteiger partial charge in [-0.3, -0.25) is 4.98 Å². The van der Waals surface area contributed by atoms with Crippen LogP contribution in [-0.4, -0.2) is 28.3 Å². The molecular weight excluding hydrogens is 228 g/mol. The first kappa shape index (κ1) is 12.6. The van der Waals surface area contributed by atoms with Gasteiger partial charge in [0.25, 0.3) is 0 Å². The molecule has 0 atom stereocenters. The Labute approximate surface area is 107 Å². The predicted molar refractivity (Wildman–Crippen MR) is 70.4 cm³/mol. The Morgan fingerprint density at radius 2 is 2.28 bits per heavy atom. The highest BCUT2D eigenvalue weighted by atomic mass is 16.5. The van der Waals surface area contributed by atoms with Gasteiger partial charge in [-0.25, -0.2) is 4.98 Å². The standard InChI is InChI=1S/C13H18N4O/c1-11-10-17(7-8-18-2)13(16-11)15-9-12-5-3-4-6-14-12/h3-6,10H,7-9H2,1-2H3,(H,15,16). The topological polar surface area (TPSA) is 52.0 Å². The van der Waals surface area contributed by atoms with Gasteiger partial charge in [0, 0.05) is 26.0 Å².